The van der Waals surface area contributed by atoms with Gasteiger partial charge < -0.3 is 15.3 Å². The Bertz CT molecular complexity index is 789. The van der Waals surface area contributed by atoms with Crippen LogP contribution in [0.25, 0.3) is 11.0 Å². The maximum absolute atomic E-state index is 11.3. The first-order valence-electron chi connectivity index (χ1n) is 6.38. The van der Waals surface area contributed by atoms with Crippen molar-refractivity contribution in [1.29, 1.82) is 0 Å². The van der Waals surface area contributed by atoms with Crippen LogP contribution in [0.3, 0.4) is 0 Å². The van der Waals surface area contributed by atoms with Crippen molar-refractivity contribution in [3.8, 4) is 0 Å². The number of hydrogen-bond acceptors (Lipinski definition) is 3. The minimum Gasteiger partial charge on any atom is -0.306 e. The molecule has 0 fully saturated rings. The zero-order chi connectivity index (χ0) is 14.1. The van der Waals surface area contributed by atoms with Gasteiger partial charge in [-0.3, -0.25) is 0 Å². The molecule has 1 unspecified atom stereocenters. The third kappa shape index (κ3) is 2.59. The second kappa shape index (κ2) is 5.55. The molecule has 0 aliphatic heterocycles. The summed E-state index contributed by atoms with van der Waals surface area (Å²) in [6.45, 7) is 2.97. The molecule has 1 atom stereocenters. The van der Waals surface area contributed by atoms with Crippen molar-refractivity contribution in [3.63, 3.8) is 0 Å². The van der Waals surface area contributed by atoms with Gasteiger partial charge in [-0.15, -0.1) is 11.3 Å². The third-order valence-electron chi connectivity index (χ3n) is 3.16. The second-order valence-corrected chi connectivity index (χ2v) is 7.01. The van der Waals surface area contributed by atoms with Crippen molar-refractivity contribution in [2.75, 3.05) is 6.54 Å². The van der Waals surface area contributed by atoms with Crippen molar-refractivity contribution < 1.29 is 0 Å². The van der Waals surface area contributed by atoms with E-state index in [1.165, 1.54) is 4.88 Å². The largest absolute Gasteiger partial charge is 0.323 e. The fraction of sp³-hybridized carbons (Fsp3) is 0.214. The second-order valence-electron chi connectivity index (χ2n) is 4.52. The van der Waals surface area contributed by atoms with E-state index in [4.69, 9.17) is 0 Å². The molecule has 6 heteroatoms. The van der Waals surface area contributed by atoms with Crippen molar-refractivity contribution in [2.24, 2.45) is 0 Å². The zero-order valence-electron chi connectivity index (χ0n) is 10.9. The lowest BCUT2D eigenvalue weighted by atomic mass is 10.0. The Morgan fingerprint density at radius 2 is 2.05 bits per heavy atom. The van der Waals surface area contributed by atoms with E-state index < -0.39 is 0 Å². The average Bonchev–Trinajstić information content (AvgIpc) is 3.00. The number of thiophene rings is 1. The Labute approximate surface area is 128 Å². The molecule has 0 aliphatic carbocycles. The van der Waals surface area contributed by atoms with E-state index in [1.807, 2.05) is 18.2 Å². The predicted octanol–water partition coefficient (Wildman–Crippen LogP) is 3.38. The van der Waals surface area contributed by atoms with E-state index in [0.717, 1.165) is 26.9 Å². The van der Waals surface area contributed by atoms with Crippen molar-refractivity contribution >= 4 is 38.3 Å². The minimum atomic E-state index is -0.170. The quantitative estimate of drug-likeness (QED) is 0.674. The molecule has 0 bridgehead atoms. The zero-order valence-corrected chi connectivity index (χ0v) is 13.3. The van der Waals surface area contributed by atoms with Crippen LogP contribution in [0.5, 0.6) is 0 Å². The first kappa shape index (κ1) is 13.6. The summed E-state index contributed by atoms with van der Waals surface area (Å²) in [5.74, 6) is 0. The van der Waals surface area contributed by atoms with Crippen molar-refractivity contribution in [1.82, 2.24) is 15.3 Å². The third-order valence-corrected chi connectivity index (χ3v) is 4.85. The van der Waals surface area contributed by atoms with Gasteiger partial charge in [-0.05, 0) is 52.3 Å². The Morgan fingerprint density at radius 1 is 1.25 bits per heavy atom. The molecule has 2 aromatic heterocycles. The summed E-state index contributed by atoms with van der Waals surface area (Å²) in [4.78, 5) is 18.2. The molecular formula is C14H14BrN3OS. The molecule has 0 spiro atoms. The fourth-order valence-corrected chi connectivity index (χ4v) is 3.83. The molecule has 0 saturated carbocycles. The molecule has 3 aromatic rings. The topological polar surface area (TPSA) is 60.7 Å². The lowest BCUT2D eigenvalue weighted by molar-refractivity contribution is 0.640. The number of nitrogens with one attached hydrogen (secondary N) is 3. The first-order chi connectivity index (χ1) is 9.67. The highest BCUT2D eigenvalue weighted by Crippen LogP contribution is 2.31. The molecule has 20 heavy (non-hydrogen) atoms. The highest BCUT2D eigenvalue weighted by molar-refractivity contribution is 9.11. The summed E-state index contributed by atoms with van der Waals surface area (Å²) >= 11 is 5.22. The monoisotopic (exact) mass is 351 g/mol. The molecule has 104 valence electrons. The summed E-state index contributed by atoms with van der Waals surface area (Å²) in [6, 6.07) is 10.3. The van der Waals surface area contributed by atoms with Crippen LogP contribution in [-0.2, 0) is 0 Å². The van der Waals surface area contributed by atoms with Crippen LogP contribution in [0.4, 0.5) is 0 Å². The number of imidazole rings is 1. The SMILES string of the molecule is CCNC(c1ccc2[nH]c(=O)[nH]c2c1)c1ccc(Br)s1. The number of aromatic amines is 2. The van der Waals surface area contributed by atoms with Crippen molar-refractivity contribution in [2.45, 2.75) is 13.0 Å². The van der Waals surface area contributed by atoms with Crippen molar-refractivity contribution in [3.05, 3.63) is 55.0 Å². The van der Waals surface area contributed by atoms with E-state index in [-0.39, 0.29) is 11.7 Å². The fourth-order valence-electron chi connectivity index (χ4n) is 2.30. The van der Waals surface area contributed by atoms with Crippen LogP contribution >= 0.6 is 27.3 Å². The molecular weight excluding hydrogens is 338 g/mol. The summed E-state index contributed by atoms with van der Waals surface area (Å²) < 4.78 is 1.12. The molecule has 3 N–H and O–H groups in total. The number of H-pyrrole nitrogens is 2. The van der Waals surface area contributed by atoms with Gasteiger partial charge in [-0.25, -0.2) is 4.79 Å². The van der Waals surface area contributed by atoms with Crippen LogP contribution in [0, 0.1) is 0 Å². The molecule has 2 heterocycles. The predicted molar refractivity (Wildman–Crippen MR) is 86.5 cm³/mol. The lowest BCUT2D eigenvalue weighted by Crippen LogP contribution is -2.21. The summed E-state index contributed by atoms with van der Waals surface area (Å²) in [5.41, 5.74) is 2.65. The van der Waals surface area contributed by atoms with Gasteiger partial charge >= 0.3 is 5.69 Å². The van der Waals surface area contributed by atoms with Crippen LogP contribution in [0.1, 0.15) is 23.4 Å². The molecule has 0 saturated heterocycles. The Kier molecular flexibility index (Phi) is 3.78. The van der Waals surface area contributed by atoms with E-state index in [0.29, 0.717) is 0 Å². The maximum Gasteiger partial charge on any atom is 0.323 e. The summed E-state index contributed by atoms with van der Waals surface area (Å²) in [7, 11) is 0. The number of benzene rings is 1. The van der Waals surface area contributed by atoms with Gasteiger partial charge in [0.1, 0.15) is 0 Å². The van der Waals surface area contributed by atoms with Crippen LogP contribution in [0.2, 0.25) is 0 Å². The molecule has 1 aromatic carbocycles. The number of rotatable bonds is 4. The summed E-state index contributed by atoms with van der Waals surface area (Å²) in [5, 5.41) is 3.49. The molecule has 0 amide bonds. The highest BCUT2D eigenvalue weighted by atomic mass is 79.9. The standard InChI is InChI=1S/C14H14BrN3OS/c1-2-16-13(11-5-6-12(15)20-11)8-3-4-9-10(7-8)18-14(19)17-9/h3-7,13,16H,2H2,1H3,(H2,17,18,19). The first-order valence-corrected chi connectivity index (χ1v) is 7.99. The Morgan fingerprint density at radius 3 is 2.75 bits per heavy atom. The summed E-state index contributed by atoms with van der Waals surface area (Å²) in [6.07, 6.45) is 0. The van der Waals surface area contributed by atoms with E-state index in [1.54, 1.807) is 11.3 Å². The lowest BCUT2D eigenvalue weighted by Gasteiger charge is -2.17. The Balaban J connectivity index is 2.06. The molecule has 0 aliphatic rings. The molecule has 0 radical (unpaired) electrons. The highest BCUT2D eigenvalue weighted by Gasteiger charge is 2.15. The van der Waals surface area contributed by atoms with E-state index in [9.17, 15) is 4.79 Å². The van der Waals surface area contributed by atoms with Gasteiger partial charge in [-0.2, -0.15) is 0 Å². The minimum absolute atomic E-state index is 0.138. The van der Waals surface area contributed by atoms with Gasteiger partial charge in [0.05, 0.1) is 20.9 Å². The number of aromatic nitrogens is 2. The maximum atomic E-state index is 11.3. The van der Waals surface area contributed by atoms with Crippen LogP contribution < -0.4 is 11.0 Å². The van der Waals surface area contributed by atoms with Gasteiger partial charge in [0.15, 0.2) is 0 Å². The normalized spacial score (nSPS) is 12.9. The van der Waals surface area contributed by atoms with Gasteiger partial charge in [0.25, 0.3) is 0 Å². The van der Waals surface area contributed by atoms with Gasteiger partial charge in [0, 0.05) is 4.88 Å². The van der Waals surface area contributed by atoms with E-state index in [2.05, 4.69) is 50.3 Å². The molecule has 3 rings (SSSR count). The Hall–Kier alpha value is -1.37. The van der Waals surface area contributed by atoms with Crippen LogP contribution in [-0.4, -0.2) is 16.5 Å². The number of hydrogen-bond donors (Lipinski definition) is 3. The van der Waals surface area contributed by atoms with Gasteiger partial charge in [0.2, 0.25) is 0 Å². The number of halogens is 1. The van der Waals surface area contributed by atoms with E-state index >= 15 is 0 Å². The van der Waals surface area contributed by atoms with Crippen LogP contribution in [0.15, 0.2) is 38.9 Å². The smallest absolute Gasteiger partial charge is 0.306 e. The average molecular weight is 352 g/mol. The van der Waals surface area contributed by atoms with Gasteiger partial charge in [-0.1, -0.05) is 13.0 Å². The number of fused-ring (bicyclic) bond motifs is 1. The molecule has 4 nitrogen and oxygen atoms in total.